The molecule has 4 heterocycles. The molecule has 19 nitrogen and oxygen atoms in total. The Kier molecular flexibility index (Phi) is 12.6. The molecule has 6 N–H and O–H groups in total. The van der Waals surface area contributed by atoms with Gasteiger partial charge in [-0.05, 0) is 44.4 Å². The number of Topliss-reactive ketones (excluding diaryl/α,β-unsaturated/α-hetero) is 1. The summed E-state index contributed by atoms with van der Waals surface area (Å²) < 4.78 is 54.1. The smallest absolute Gasteiger partial charge is 0.303 e. The predicted molar refractivity (Wildman–Crippen MR) is 206 cm³/mol. The molecule has 0 aromatic carbocycles. The molecule has 346 valence electrons. The Labute approximate surface area is 358 Å². The van der Waals surface area contributed by atoms with Crippen molar-refractivity contribution in [3.8, 4) is 0 Å². The standard InChI is InChI=1S/C43H60O19/c1-16-14-55-43(39(53)31(16)50)26(13-44)30-24-9-10-25-23(29(24)33(52)35(30)62-43)8-7-21-11-22(48)12-28(42(21,25)6)60-40-36(32(51)27(49)15-54-40)61-41-38(59-20(5)47)37(58-19(4)46)34(17(2)56-41)57-18(3)45/h7,16-17,22-23,25-28,30-32,34-41,44,48-51,53H,8-15H2,1-6H3/t16-,17-,22+,23+,25-,26-,27-,28+,30-,31-,32-,34-,35+,36+,37+,38+,39-,40-,41-,42-,43-/m0/s1. The van der Waals surface area contributed by atoms with E-state index in [0.29, 0.717) is 31.3 Å². The summed E-state index contributed by atoms with van der Waals surface area (Å²) in [4.78, 5) is 51.3. The van der Waals surface area contributed by atoms with Crippen LogP contribution in [0.25, 0.3) is 0 Å². The molecule has 0 aromatic rings. The molecule has 8 aliphatic rings. The number of fused-ring (bicyclic) bond motifs is 6. The van der Waals surface area contributed by atoms with Gasteiger partial charge in [0, 0.05) is 55.9 Å². The third-order valence-electron chi connectivity index (χ3n) is 14.9. The molecule has 1 saturated carbocycles. The molecule has 21 atom stereocenters. The maximum absolute atomic E-state index is 14.6. The molecule has 19 heteroatoms. The van der Waals surface area contributed by atoms with Crippen molar-refractivity contribution in [3.63, 3.8) is 0 Å². The van der Waals surface area contributed by atoms with Gasteiger partial charge in [-0.2, -0.15) is 0 Å². The van der Waals surface area contributed by atoms with Crippen LogP contribution in [0.1, 0.15) is 73.6 Å². The fourth-order valence-electron chi connectivity index (χ4n) is 12.0. The van der Waals surface area contributed by atoms with E-state index in [2.05, 4.69) is 0 Å². The van der Waals surface area contributed by atoms with Crippen molar-refractivity contribution in [2.75, 3.05) is 19.8 Å². The van der Waals surface area contributed by atoms with Gasteiger partial charge in [-0.25, -0.2) is 0 Å². The number of rotatable bonds is 8. The minimum absolute atomic E-state index is 0.0790. The van der Waals surface area contributed by atoms with Gasteiger partial charge in [-0.1, -0.05) is 31.1 Å². The average molecular weight is 881 g/mol. The summed E-state index contributed by atoms with van der Waals surface area (Å²) in [5, 5.41) is 66.5. The molecule has 0 bridgehead atoms. The number of allylic oxidation sites excluding steroid dienone is 1. The average Bonchev–Trinajstić information content (AvgIpc) is 3.68. The van der Waals surface area contributed by atoms with E-state index in [1.54, 1.807) is 6.92 Å². The van der Waals surface area contributed by atoms with Crippen molar-refractivity contribution in [1.82, 2.24) is 0 Å². The van der Waals surface area contributed by atoms with Crippen LogP contribution in [-0.2, 0) is 61.8 Å². The van der Waals surface area contributed by atoms with Gasteiger partial charge in [0.25, 0.3) is 0 Å². The molecule has 0 amide bonds. The van der Waals surface area contributed by atoms with Crippen molar-refractivity contribution in [3.05, 3.63) is 22.8 Å². The van der Waals surface area contributed by atoms with Crippen LogP contribution in [0.15, 0.2) is 22.8 Å². The van der Waals surface area contributed by atoms with E-state index in [9.17, 15) is 49.8 Å². The lowest BCUT2D eigenvalue weighted by atomic mass is 9.51. The van der Waals surface area contributed by atoms with Gasteiger partial charge >= 0.3 is 17.9 Å². The maximum Gasteiger partial charge on any atom is 0.303 e. The van der Waals surface area contributed by atoms with Crippen LogP contribution in [0.4, 0.5) is 0 Å². The Balaban J connectivity index is 1.08. The minimum atomic E-state index is -1.74. The number of carbonyl (C=O) groups excluding carboxylic acids is 4. The Hall–Kier alpha value is -2.92. The van der Waals surface area contributed by atoms with Gasteiger partial charge in [0.05, 0.1) is 44.2 Å². The number of aliphatic hydroxyl groups excluding tert-OH is 6. The van der Waals surface area contributed by atoms with Gasteiger partial charge < -0.3 is 73.3 Å². The molecule has 4 aliphatic heterocycles. The largest absolute Gasteiger partial charge is 0.456 e. The second-order valence-corrected chi connectivity index (χ2v) is 18.6. The van der Waals surface area contributed by atoms with Crippen LogP contribution >= 0.6 is 0 Å². The van der Waals surface area contributed by atoms with Crippen LogP contribution in [-0.4, -0.2) is 166 Å². The zero-order chi connectivity index (χ0) is 44.7. The topological polar surface area (TPSA) is 273 Å². The third kappa shape index (κ3) is 7.46. The van der Waals surface area contributed by atoms with Gasteiger partial charge in [0.1, 0.15) is 30.5 Å². The predicted octanol–water partition coefficient (Wildman–Crippen LogP) is -0.521. The Bertz CT molecular complexity index is 1830. The SMILES string of the molecule is CC(=O)O[C@@H]1[C@@H](OC(C)=O)[C@H](C)O[C@@H](O[C@H]2[C@H](O[C@@H]3C[C@H](O)CC4=CC[C@H]5C6=C(CC[C@@H]5[C@]43C)[C@@H]3[C@@H](O[C@@]4(OC[C@H](C)[C@H](O)[C@@H]4O)[C@H]3CO)C6=O)OC[C@H](O)[C@@H]2O)[C@@H]1OC(C)=O. The van der Waals surface area contributed by atoms with E-state index < -0.39 is 133 Å². The summed E-state index contributed by atoms with van der Waals surface area (Å²) in [6.07, 6.45) is -13.9. The zero-order valence-electron chi connectivity index (χ0n) is 35.7. The number of ketones is 1. The number of esters is 3. The number of aliphatic hydroxyl groups is 6. The van der Waals surface area contributed by atoms with Crippen LogP contribution < -0.4 is 0 Å². The molecule has 62 heavy (non-hydrogen) atoms. The first-order valence-electron chi connectivity index (χ1n) is 21.7. The van der Waals surface area contributed by atoms with E-state index >= 15 is 0 Å². The fourth-order valence-corrected chi connectivity index (χ4v) is 12.0. The molecule has 1 spiro atoms. The summed E-state index contributed by atoms with van der Waals surface area (Å²) in [5.74, 6) is -6.56. The summed E-state index contributed by atoms with van der Waals surface area (Å²) in [5.41, 5.74) is 1.59. The third-order valence-corrected chi connectivity index (χ3v) is 14.9. The molecule has 8 rings (SSSR count). The molecular formula is C43H60O19. The lowest BCUT2D eigenvalue weighted by Crippen LogP contribution is -2.64. The quantitative estimate of drug-likeness (QED) is 0.102. The summed E-state index contributed by atoms with van der Waals surface area (Å²) >= 11 is 0. The Morgan fingerprint density at radius 1 is 0.871 bits per heavy atom. The molecule has 0 aromatic heterocycles. The van der Waals surface area contributed by atoms with E-state index in [1.165, 1.54) is 6.92 Å². The summed E-state index contributed by atoms with van der Waals surface area (Å²) in [6, 6.07) is 0. The van der Waals surface area contributed by atoms with Gasteiger partial charge in [-0.15, -0.1) is 0 Å². The number of carbonyl (C=O) groups is 4. The number of ether oxygens (including phenoxy) is 9. The highest BCUT2D eigenvalue weighted by Gasteiger charge is 2.69. The summed E-state index contributed by atoms with van der Waals surface area (Å²) in [7, 11) is 0. The van der Waals surface area contributed by atoms with Crippen LogP contribution in [0.3, 0.4) is 0 Å². The Morgan fingerprint density at radius 3 is 2.23 bits per heavy atom. The second kappa shape index (κ2) is 17.1. The van der Waals surface area contributed by atoms with Crippen molar-refractivity contribution in [2.45, 2.75) is 165 Å². The van der Waals surface area contributed by atoms with Crippen LogP contribution in [0.5, 0.6) is 0 Å². The van der Waals surface area contributed by atoms with E-state index in [-0.39, 0.29) is 43.2 Å². The van der Waals surface area contributed by atoms with E-state index in [1.807, 2.05) is 13.0 Å². The zero-order valence-corrected chi connectivity index (χ0v) is 35.7. The van der Waals surface area contributed by atoms with Crippen molar-refractivity contribution >= 4 is 23.7 Å². The molecule has 5 fully saturated rings. The van der Waals surface area contributed by atoms with E-state index in [4.69, 9.17) is 42.6 Å². The number of hydrogen-bond donors (Lipinski definition) is 6. The lowest BCUT2D eigenvalue weighted by Gasteiger charge is -2.56. The fraction of sp³-hybridized carbons (Fsp3) is 0.814. The second-order valence-electron chi connectivity index (χ2n) is 18.6. The monoisotopic (exact) mass is 880 g/mol. The highest BCUT2D eigenvalue weighted by atomic mass is 16.8. The minimum Gasteiger partial charge on any atom is -0.456 e. The van der Waals surface area contributed by atoms with Crippen molar-refractivity contribution < 1.29 is 92.4 Å². The van der Waals surface area contributed by atoms with Gasteiger partial charge in [0.15, 0.2) is 36.7 Å². The first kappa shape index (κ1) is 45.6. The first-order valence-corrected chi connectivity index (χ1v) is 21.7. The van der Waals surface area contributed by atoms with Gasteiger partial charge in [-0.3, -0.25) is 19.2 Å². The highest BCUT2D eigenvalue weighted by Crippen LogP contribution is 2.64. The highest BCUT2D eigenvalue weighted by molar-refractivity contribution is 6.04. The van der Waals surface area contributed by atoms with Crippen LogP contribution in [0, 0.1) is 35.0 Å². The summed E-state index contributed by atoms with van der Waals surface area (Å²) in [6.45, 7) is 7.95. The molecule has 0 unspecified atom stereocenters. The maximum atomic E-state index is 14.6. The van der Waals surface area contributed by atoms with Crippen molar-refractivity contribution in [1.29, 1.82) is 0 Å². The Morgan fingerprint density at radius 2 is 1.55 bits per heavy atom. The van der Waals surface area contributed by atoms with E-state index in [0.717, 1.165) is 31.9 Å². The molecule has 4 aliphatic carbocycles. The number of hydrogen-bond acceptors (Lipinski definition) is 19. The lowest BCUT2D eigenvalue weighted by molar-refractivity contribution is -0.363. The normalized spacial score (nSPS) is 48.7. The van der Waals surface area contributed by atoms with Crippen molar-refractivity contribution in [2.24, 2.45) is 35.0 Å². The first-order chi connectivity index (χ1) is 29.3. The van der Waals surface area contributed by atoms with Crippen LogP contribution in [0.2, 0.25) is 0 Å². The molecule has 0 radical (unpaired) electrons. The molecular weight excluding hydrogens is 820 g/mol. The molecule has 4 saturated heterocycles. The van der Waals surface area contributed by atoms with Gasteiger partial charge in [0.2, 0.25) is 5.79 Å².